The zero-order chi connectivity index (χ0) is 14.4. The third-order valence-electron chi connectivity index (χ3n) is 2.41. The Bertz CT molecular complexity index is 545. The second-order valence-corrected chi connectivity index (χ2v) is 3.68. The molecule has 1 rings (SSSR count). The van der Waals surface area contributed by atoms with Gasteiger partial charge >= 0.3 is 0 Å². The molecule has 0 radical (unpaired) electrons. The van der Waals surface area contributed by atoms with E-state index in [-0.39, 0.29) is 12.1 Å². The van der Waals surface area contributed by atoms with Crippen LogP contribution in [0.25, 0.3) is 0 Å². The van der Waals surface area contributed by atoms with Gasteiger partial charge in [0.1, 0.15) is 0 Å². The first-order valence-corrected chi connectivity index (χ1v) is 5.47. The van der Waals surface area contributed by atoms with Gasteiger partial charge in [-0.05, 0) is 12.1 Å². The number of benzene rings is 1. The van der Waals surface area contributed by atoms with Gasteiger partial charge in [0.15, 0.2) is 11.7 Å². The number of nitro groups is 1. The van der Waals surface area contributed by atoms with Crippen LogP contribution in [-0.4, -0.2) is 16.6 Å². The summed E-state index contributed by atoms with van der Waals surface area (Å²) >= 11 is 0. The third-order valence-corrected chi connectivity index (χ3v) is 2.41. The molecular weight excluding hydrogens is 250 g/mol. The van der Waals surface area contributed by atoms with Crippen LogP contribution in [0.2, 0.25) is 0 Å². The van der Waals surface area contributed by atoms with Crippen molar-refractivity contribution in [2.24, 2.45) is 5.92 Å². The van der Waals surface area contributed by atoms with E-state index in [2.05, 4.69) is 5.32 Å². The first-order chi connectivity index (χ1) is 8.99. The molecule has 1 unspecified atom stereocenters. The van der Waals surface area contributed by atoms with E-state index in [1.54, 1.807) is 13.0 Å². The van der Waals surface area contributed by atoms with Crippen molar-refractivity contribution >= 4 is 23.1 Å². The van der Waals surface area contributed by atoms with Crippen LogP contribution in [0.15, 0.2) is 24.3 Å². The molecule has 0 saturated heterocycles. The van der Waals surface area contributed by atoms with Crippen LogP contribution < -0.4 is 5.32 Å². The van der Waals surface area contributed by atoms with E-state index in [9.17, 15) is 19.7 Å². The first kappa shape index (κ1) is 14.3. The smallest absolute Gasteiger partial charge is 0.269 e. The van der Waals surface area contributed by atoms with E-state index in [1.165, 1.54) is 24.3 Å². The number of nitrogens with zero attached hydrogens (tertiary/aromatic N) is 2. The predicted octanol–water partition coefficient (Wildman–Crippen LogP) is 1.65. The Kier molecular flexibility index (Phi) is 4.71. The van der Waals surface area contributed by atoms with Crippen molar-refractivity contribution in [2.45, 2.75) is 13.3 Å². The molecule has 0 aliphatic rings. The van der Waals surface area contributed by atoms with Crippen LogP contribution in [0.1, 0.15) is 13.3 Å². The fraction of sp³-hybridized carbons (Fsp3) is 0.250. The lowest BCUT2D eigenvalue weighted by Crippen LogP contribution is -2.28. The van der Waals surface area contributed by atoms with E-state index >= 15 is 0 Å². The SMILES string of the molecule is CCC(=O)C(C#N)C(=O)Nc1ccc([N+](=O)[O-])cc1. The summed E-state index contributed by atoms with van der Waals surface area (Å²) in [6.07, 6.45) is 0.0892. The Morgan fingerprint density at radius 2 is 2.00 bits per heavy atom. The van der Waals surface area contributed by atoms with Crippen LogP contribution in [-0.2, 0) is 9.59 Å². The van der Waals surface area contributed by atoms with E-state index in [1.807, 2.05) is 0 Å². The molecule has 7 nitrogen and oxygen atoms in total. The van der Waals surface area contributed by atoms with Crippen molar-refractivity contribution in [1.29, 1.82) is 5.26 Å². The molecule has 0 aliphatic heterocycles. The average Bonchev–Trinajstić information content (AvgIpc) is 2.39. The van der Waals surface area contributed by atoms with Crippen LogP contribution in [0.3, 0.4) is 0 Å². The molecule has 0 heterocycles. The molecule has 0 saturated carbocycles. The van der Waals surface area contributed by atoms with E-state index in [4.69, 9.17) is 5.26 Å². The minimum absolute atomic E-state index is 0.0892. The van der Waals surface area contributed by atoms with Gasteiger partial charge in [-0.25, -0.2) is 0 Å². The summed E-state index contributed by atoms with van der Waals surface area (Å²) in [7, 11) is 0. The summed E-state index contributed by atoms with van der Waals surface area (Å²) in [4.78, 5) is 32.9. The van der Waals surface area contributed by atoms with Gasteiger partial charge in [0.2, 0.25) is 5.91 Å². The molecule has 1 aromatic rings. The summed E-state index contributed by atoms with van der Waals surface area (Å²) in [5.74, 6) is -2.56. The van der Waals surface area contributed by atoms with Crippen molar-refractivity contribution in [3.63, 3.8) is 0 Å². The number of Topliss-reactive ketones (excluding diaryl/α,β-unsaturated/α-hetero) is 1. The fourth-order valence-corrected chi connectivity index (χ4v) is 1.36. The Morgan fingerprint density at radius 3 is 2.42 bits per heavy atom. The van der Waals surface area contributed by atoms with Crippen molar-refractivity contribution in [1.82, 2.24) is 0 Å². The van der Waals surface area contributed by atoms with Crippen molar-refractivity contribution in [3.8, 4) is 6.07 Å². The number of amides is 1. The van der Waals surface area contributed by atoms with Crippen LogP contribution in [0.4, 0.5) is 11.4 Å². The van der Waals surface area contributed by atoms with Gasteiger partial charge < -0.3 is 5.32 Å². The number of rotatable bonds is 5. The number of nitro benzene ring substituents is 1. The molecule has 98 valence electrons. The van der Waals surface area contributed by atoms with Gasteiger partial charge in [0.05, 0.1) is 11.0 Å². The maximum atomic E-state index is 11.7. The van der Waals surface area contributed by atoms with Crippen molar-refractivity contribution in [3.05, 3.63) is 34.4 Å². The molecule has 1 amide bonds. The number of nitrogens with one attached hydrogen (secondary N) is 1. The van der Waals surface area contributed by atoms with Gasteiger partial charge in [0, 0.05) is 24.2 Å². The number of hydrogen-bond acceptors (Lipinski definition) is 5. The summed E-state index contributed by atoms with van der Waals surface area (Å²) in [5, 5.41) is 21.6. The highest BCUT2D eigenvalue weighted by atomic mass is 16.6. The van der Waals surface area contributed by atoms with Gasteiger partial charge in [-0.3, -0.25) is 19.7 Å². The highest BCUT2D eigenvalue weighted by Gasteiger charge is 2.24. The molecule has 0 aliphatic carbocycles. The highest BCUT2D eigenvalue weighted by molar-refractivity contribution is 6.09. The molecular formula is C12H11N3O4. The zero-order valence-electron chi connectivity index (χ0n) is 10.1. The molecule has 1 atom stereocenters. The molecule has 19 heavy (non-hydrogen) atoms. The average molecular weight is 261 g/mol. The summed E-state index contributed by atoms with van der Waals surface area (Å²) in [6.45, 7) is 1.56. The molecule has 1 aromatic carbocycles. The topological polar surface area (TPSA) is 113 Å². The minimum Gasteiger partial charge on any atom is -0.325 e. The number of nitriles is 1. The number of ketones is 1. The van der Waals surface area contributed by atoms with E-state index in [0.717, 1.165) is 0 Å². The molecule has 0 fully saturated rings. The van der Waals surface area contributed by atoms with Crippen LogP contribution in [0.5, 0.6) is 0 Å². The molecule has 7 heteroatoms. The van der Waals surface area contributed by atoms with Gasteiger partial charge in [-0.2, -0.15) is 5.26 Å². The Morgan fingerprint density at radius 1 is 1.42 bits per heavy atom. The maximum absolute atomic E-state index is 11.7. The maximum Gasteiger partial charge on any atom is 0.269 e. The second kappa shape index (κ2) is 6.26. The Balaban J connectivity index is 2.79. The monoisotopic (exact) mass is 261 g/mol. The Hall–Kier alpha value is -2.75. The normalized spacial score (nSPS) is 11.2. The molecule has 0 bridgehead atoms. The van der Waals surface area contributed by atoms with Crippen molar-refractivity contribution in [2.75, 3.05) is 5.32 Å². The number of carbonyl (C=O) groups is 2. The number of non-ortho nitro benzene ring substituents is 1. The largest absolute Gasteiger partial charge is 0.325 e. The highest BCUT2D eigenvalue weighted by Crippen LogP contribution is 2.16. The standard InChI is InChI=1S/C12H11N3O4/c1-2-11(16)10(7-13)12(17)14-8-3-5-9(6-4-8)15(18)19/h3-6,10H,2H2,1H3,(H,14,17). The van der Waals surface area contributed by atoms with Crippen LogP contribution >= 0.6 is 0 Å². The number of anilines is 1. The van der Waals surface area contributed by atoms with Gasteiger partial charge in [0.25, 0.3) is 5.69 Å². The van der Waals surface area contributed by atoms with E-state index < -0.39 is 22.5 Å². The Labute approximate surface area is 109 Å². The van der Waals surface area contributed by atoms with Gasteiger partial charge in [-0.1, -0.05) is 6.92 Å². The van der Waals surface area contributed by atoms with Gasteiger partial charge in [-0.15, -0.1) is 0 Å². The summed E-state index contributed by atoms with van der Waals surface area (Å²) in [6, 6.07) is 6.74. The van der Waals surface area contributed by atoms with Crippen molar-refractivity contribution < 1.29 is 14.5 Å². The van der Waals surface area contributed by atoms with Crippen LogP contribution in [0, 0.1) is 27.4 Å². The summed E-state index contributed by atoms with van der Waals surface area (Å²) < 4.78 is 0. The minimum atomic E-state index is -1.36. The molecule has 1 N–H and O–H groups in total. The quantitative estimate of drug-likeness (QED) is 0.491. The lowest BCUT2D eigenvalue weighted by Gasteiger charge is -2.08. The summed E-state index contributed by atoms with van der Waals surface area (Å²) in [5.41, 5.74) is 0.180. The molecule has 0 spiro atoms. The second-order valence-electron chi connectivity index (χ2n) is 3.68. The lowest BCUT2D eigenvalue weighted by molar-refractivity contribution is -0.384. The number of carbonyl (C=O) groups excluding carboxylic acids is 2. The fourth-order valence-electron chi connectivity index (χ4n) is 1.36. The number of hydrogen-bond donors (Lipinski definition) is 1. The lowest BCUT2D eigenvalue weighted by atomic mass is 10.0. The molecule has 0 aromatic heterocycles. The third kappa shape index (κ3) is 3.61. The zero-order valence-corrected chi connectivity index (χ0v) is 10.1. The first-order valence-electron chi connectivity index (χ1n) is 5.47. The van der Waals surface area contributed by atoms with E-state index in [0.29, 0.717) is 5.69 Å². The predicted molar refractivity (Wildman–Crippen MR) is 66.1 cm³/mol.